The molecule has 3 rings (SSSR count). The van der Waals surface area contributed by atoms with Gasteiger partial charge in [0.1, 0.15) is 11.4 Å². The summed E-state index contributed by atoms with van der Waals surface area (Å²) in [6.45, 7) is 2.01. The normalized spacial score (nSPS) is 10.5. The van der Waals surface area contributed by atoms with Crippen molar-refractivity contribution in [1.29, 1.82) is 0 Å². The largest absolute Gasteiger partial charge is 0.497 e. The Morgan fingerprint density at radius 2 is 1.88 bits per heavy atom. The quantitative estimate of drug-likeness (QED) is 0.724. The van der Waals surface area contributed by atoms with Gasteiger partial charge in [-0.25, -0.2) is 4.79 Å². The average molecular weight is 338 g/mol. The van der Waals surface area contributed by atoms with E-state index in [4.69, 9.17) is 9.47 Å². The minimum absolute atomic E-state index is 0.270. The molecule has 0 unspecified atom stereocenters. The number of anilines is 1. The average Bonchev–Trinajstić information content (AvgIpc) is 3.02. The Labute approximate surface area is 145 Å². The van der Waals surface area contributed by atoms with E-state index in [1.54, 1.807) is 67.1 Å². The number of methoxy groups -OCH3 is 1. The number of nitrogens with one attached hydrogen (secondary N) is 1. The fraction of sp³-hybridized carbons (Fsp3) is 0.158. The lowest BCUT2D eigenvalue weighted by Crippen LogP contribution is -2.11. The molecule has 6 heteroatoms. The van der Waals surface area contributed by atoms with Crippen molar-refractivity contribution in [3.05, 3.63) is 66.0 Å². The molecule has 2 heterocycles. The number of esters is 1. The van der Waals surface area contributed by atoms with E-state index in [0.717, 1.165) is 0 Å². The number of amides is 1. The van der Waals surface area contributed by atoms with E-state index in [1.807, 2.05) is 6.07 Å². The van der Waals surface area contributed by atoms with E-state index in [2.05, 4.69) is 5.32 Å². The second-order valence-electron chi connectivity index (χ2n) is 5.30. The zero-order valence-corrected chi connectivity index (χ0v) is 14.0. The number of rotatable bonds is 5. The summed E-state index contributed by atoms with van der Waals surface area (Å²) >= 11 is 0. The van der Waals surface area contributed by atoms with Gasteiger partial charge in [0.05, 0.1) is 24.8 Å². The van der Waals surface area contributed by atoms with Gasteiger partial charge in [-0.1, -0.05) is 6.07 Å². The van der Waals surface area contributed by atoms with Gasteiger partial charge in [0.15, 0.2) is 0 Å². The molecule has 0 bridgehead atoms. The predicted octanol–water partition coefficient (Wildman–Crippen LogP) is 3.38. The van der Waals surface area contributed by atoms with Crippen molar-refractivity contribution in [1.82, 2.24) is 4.40 Å². The molecule has 0 aliphatic carbocycles. The molecule has 6 nitrogen and oxygen atoms in total. The molecular formula is C19H18N2O4. The molecule has 0 atom stereocenters. The second kappa shape index (κ2) is 7.09. The monoisotopic (exact) mass is 338 g/mol. The summed E-state index contributed by atoms with van der Waals surface area (Å²) in [4.78, 5) is 24.8. The van der Waals surface area contributed by atoms with Crippen LogP contribution in [0.2, 0.25) is 0 Å². The highest BCUT2D eigenvalue weighted by Gasteiger charge is 2.20. The molecular weight excluding hydrogens is 320 g/mol. The maximum absolute atomic E-state index is 12.7. The number of carbonyl (C=O) groups excluding carboxylic acids is 2. The number of nitrogens with zero attached hydrogens (tertiary/aromatic N) is 1. The number of hydrogen-bond donors (Lipinski definition) is 1. The topological polar surface area (TPSA) is 69.0 Å². The first kappa shape index (κ1) is 16.6. The van der Waals surface area contributed by atoms with Crippen LogP contribution in [-0.2, 0) is 4.74 Å². The van der Waals surface area contributed by atoms with Gasteiger partial charge in [0.25, 0.3) is 5.91 Å². The number of fused-ring (bicyclic) bond motifs is 1. The molecule has 0 spiro atoms. The van der Waals surface area contributed by atoms with Crippen LogP contribution in [0.15, 0.2) is 54.7 Å². The zero-order valence-electron chi connectivity index (χ0n) is 14.0. The van der Waals surface area contributed by atoms with Crippen molar-refractivity contribution in [2.24, 2.45) is 0 Å². The number of carbonyl (C=O) groups is 2. The van der Waals surface area contributed by atoms with Crippen LogP contribution < -0.4 is 10.1 Å². The van der Waals surface area contributed by atoms with Gasteiger partial charge in [0, 0.05) is 11.9 Å². The summed E-state index contributed by atoms with van der Waals surface area (Å²) in [6, 6.07) is 14.0. The van der Waals surface area contributed by atoms with Gasteiger partial charge < -0.3 is 19.2 Å². The third-order valence-corrected chi connectivity index (χ3v) is 3.75. The number of pyridine rings is 1. The molecule has 1 aromatic carbocycles. The van der Waals surface area contributed by atoms with Crippen molar-refractivity contribution in [3.63, 3.8) is 0 Å². The van der Waals surface area contributed by atoms with Crippen molar-refractivity contribution >= 4 is 23.1 Å². The van der Waals surface area contributed by atoms with E-state index in [-0.39, 0.29) is 12.5 Å². The first-order valence-corrected chi connectivity index (χ1v) is 7.86. The van der Waals surface area contributed by atoms with Crippen LogP contribution >= 0.6 is 0 Å². The summed E-state index contributed by atoms with van der Waals surface area (Å²) in [5, 5.41) is 2.83. The van der Waals surface area contributed by atoms with E-state index < -0.39 is 5.97 Å². The summed E-state index contributed by atoms with van der Waals surface area (Å²) in [7, 11) is 1.58. The van der Waals surface area contributed by atoms with Gasteiger partial charge in [-0.05, 0) is 49.4 Å². The first-order valence-electron chi connectivity index (χ1n) is 7.86. The molecule has 0 aliphatic rings. The molecule has 3 aromatic rings. The molecule has 2 aromatic heterocycles. The molecule has 0 saturated carbocycles. The Hall–Kier alpha value is -3.28. The van der Waals surface area contributed by atoms with E-state index >= 15 is 0 Å². The predicted molar refractivity (Wildman–Crippen MR) is 94.3 cm³/mol. The minimum Gasteiger partial charge on any atom is -0.497 e. The lowest BCUT2D eigenvalue weighted by Gasteiger charge is -2.06. The van der Waals surface area contributed by atoms with E-state index in [1.165, 1.54) is 0 Å². The Morgan fingerprint density at radius 1 is 1.12 bits per heavy atom. The van der Waals surface area contributed by atoms with Crippen molar-refractivity contribution in [2.45, 2.75) is 6.92 Å². The van der Waals surface area contributed by atoms with Crippen LogP contribution in [0.25, 0.3) is 5.52 Å². The van der Waals surface area contributed by atoms with Gasteiger partial charge in [-0.3, -0.25) is 4.79 Å². The Morgan fingerprint density at radius 3 is 2.56 bits per heavy atom. The minimum atomic E-state index is -0.466. The van der Waals surface area contributed by atoms with Crippen LogP contribution in [0.4, 0.5) is 5.69 Å². The number of aromatic nitrogens is 1. The van der Waals surface area contributed by atoms with Crippen molar-refractivity contribution in [2.75, 3.05) is 19.0 Å². The Balaban J connectivity index is 1.94. The number of hydrogen-bond acceptors (Lipinski definition) is 4. The van der Waals surface area contributed by atoms with Gasteiger partial charge >= 0.3 is 5.97 Å². The molecule has 0 radical (unpaired) electrons. The number of ether oxygens (including phenoxy) is 2. The second-order valence-corrected chi connectivity index (χ2v) is 5.30. The summed E-state index contributed by atoms with van der Waals surface area (Å²) in [5.74, 6) is -0.0616. The third kappa shape index (κ3) is 3.33. The maximum atomic E-state index is 12.7. The lowest BCUT2D eigenvalue weighted by molar-refractivity contribution is 0.0518. The van der Waals surface area contributed by atoms with Crippen molar-refractivity contribution in [3.8, 4) is 5.75 Å². The summed E-state index contributed by atoms with van der Waals surface area (Å²) in [5.41, 5.74) is 1.99. The van der Waals surface area contributed by atoms with Crippen LogP contribution in [0.3, 0.4) is 0 Å². The Kier molecular flexibility index (Phi) is 4.70. The highest BCUT2D eigenvalue weighted by Crippen LogP contribution is 2.21. The molecule has 1 N–H and O–H groups in total. The fourth-order valence-corrected chi connectivity index (χ4v) is 2.57. The molecule has 1 amide bonds. The molecule has 25 heavy (non-hydrogen) atoms. The molecule has 0 aliphatic heterocycles. The van der Waals surface area contributed by atoms with E-state index in [0.29, 0.717) is 28.2 Å². The third-order valence-electron chi connectivity index (χ3n) is 3.75. The molecule has 0 fully saturated rings. The van der Waals surface area contributed by atoms with Crippen LogP contribution in [0.1, 0.15) is 27.8 Å². The van der Waals surface area contributed by atoms with Crippen molar-refractivity contribution < 1.29 is 19.1 Å². The lowest BCUT2D eigenvalue weighted by atomic mass is 10.2. The van der Waals surface area contributed by atoms with Crippen LogP contribution in [-0.4, -0.2) is 30.0 Å². The van der Waals surface area contributed by atoms with E-state index in [9.17, 15) is 9.59 Å². The highest BCUT2D eigenvalue weighted by atomic mass is 16.5. The van der Waals surface area contributed by atoms with Gasteiger partial charge in [-0.15, -0.1) is 0 Å². The summed E-state index contributed by atoms with van der Waals surface area (Å²) < 4.78 is 11.8. The van der Waals surface area contributed by atoms with Gasteiger partial charge in [0.2, 0.25) is 0 Å². The standard InChI is InChI=1S/C19H18N2O4/c1-3-25-19(23)17-12-15(16-6-4-5-11-21(16)17)18(22)20-13-7-9-14(24-2)10-8-13/h4-12H,3H2,1-2H3,(H,20,22). The maximum Gasteiger partial charge on any atom is 0.355 e. The smallest absolute Gasteiger partial charge is 0.355 e. The first-order chi connectivity index (χ1) is 12.1. The highest BCUT2D eigenvalue weighted by molar-refractivity contribution is 6.11. The van der Waals surface area contributed by atoms with Gasteiger partial charge in [-0.2, -0.15) is 0 Å². The molecule has 128 valence electrons. The number of benzene rings is 1. The Bertz CT molecular complexity index is 913. The van der Waals surface area contributed by atoms with Crippen LogP contribution in [0, 0.1) is 0 Å². The van der Waals surface area contributed by atoms with Crippen LogP contribution in [0.5, 0.6) is 5.75 Å². The fourth-order valence-electron chi connectivity index (χ4n) is 2.57. The molecule has 0 saturated heterocycles. The summed E-state index contributed by atoms with van der Waals surface area (Å²) in [6.07, 6.45) is 1.73. The SMILES string of the molecule is CCOC(=O)c1cc(C(=O)Nc2ccc(OC)cc2)c2ccccn12. The zero-order chi connectivity index (χ0) is 17.8.